The summed E-state index contributed by atoms with van der Waals surface area (Å²) in [5.74, 6) is 0.987. The molecule has 1 amide bonds. The molecule has 0 radical (unpaired) electrons. The van der Waals surface area contributed by atoms with E-state index in [2.05, 4.69) is 42.7 Å². The van der Waals surface area contributed by atoms with Crippen molar-refractivity contribution in [2.45, 2.75) is 56.6 Å². The average molecular weight is 470 g/mol. The van der Waals surface area contributed by atoms with Gasteiger partial charge in [-0.3, -0.25) is 0 Å². The number of hydrogen-bond donors (Lipinski definition) is 1. The number of halogens is 1. The molecule has 1 saturated carbocycles. The first-order valence-corrected chi connectivity index (χ1v) is 9.99. The van der Waals surface area contributed by atoms with Crippen molar-refractivity contribution in [1.29, 1.82) is 0 Å². The lowest BCUT2D eigenvalue weighted by molar-refractivity contribution is -0.928. The first-order chi connectivity index (χ1) is 12.1. The lowest BCUT2D eigenvalue weighted by Crippen LogP contribution is -3.00. The molecule has 144 valence electrons. The van der Waals surface area contributed by atoms with Crippen LogP contribution in [0.25, 0.3) is 0 Å². The fourth-order valence-electron chi connectivity index (χ4n) is 5.21. The molecule has 0 unspecified atom stereocenters. The topological polar surface area (TPSA) is 38.3 Å². The van der Waals surface area contributed by atoms with Crippen molar-refractivity contribution < 1.29 is 38.0 Å². The SMILES string of the molecule is C[N+]12CCC(CC1)[C@@H](OC(=O)N[C@@H]1CCCC[C@H]1c1ccccc1)C2.[I-]. The van der Waals surface area contributed by atoms with Gasteiger partial charge in [0.25, 0.3) is 0 Å². The zero-order chi connectivity index (χ0) is 17.3. The Bertz CT molecular complexity index is 601. The van der Waals surface area contributed by atoms with Gasteiger partial charge in [-0.05, 0) is 18.4 Å². The van der Waals surface area contributed by atoms with Gasteiger partial charge in [-0.15, -0.1) is 0 Å². The van der Waals surface area contributed by atoms with Crippen molar-refractivity contribution in [2.24, 2.45) is 5.92 Å². The monoisotopic (exact) mass is 470 g/mol. The standard InChI is InChI=1S/C21H30N2O2.HI/c1-23-13-11-17(12-14-23)20(15-23)25-21(24)22-19-10-6-5-9-18(19)16-7-3-2-4-8-16;/h2-4,7-8,17-20H,5-6,9-15H2,1H3;1H/t17?,18-,19+,20-,23?;/m0./s1. The molecule has 1 aliphatic carbocycles. The Morgan fingerprint density at radius 2 is 1.77 bits per heavy atom. The summed E-state index contributed by atoms with van der Waals surface area (Å²) in [6, 6.07) is 10.8. The highest BCUT2D eigenvalue weighted by atomic mass is 127. The van der Waals surface area contributed by atoms with Crippen molar-refractivity contribution >= 4 is 6.09 Å². The molecule has 5 rings (SSSR count). The Morgan fingerprint density at radius 1 is 1.08 bits per heavy atom. The molecule has 1 aromatic rings. The molecule has 3 aliphatic heterocycles. The second-order valence-corrected chi connectivity index (χ2v) is 8.58. The molecular formula is C21H31IN2O2. The van der Waals surface area contributed by atoms with Crippen molar-refractivity contribution in [2.75, 3.05) is 26.7 Å². The molecule has 4 fully saturated rings. The third-order valence-corrected chi connectivity index (χ3v) is 6.78. The third kappa shape index (κ3) is 4.35. The van der Waals surface area contributed by atoms with Crippen LogP contribution in [0, 0.1) is 5.92 Å². The van der Waals surface area contributed by atoms with Gasteiger partial charge in [0.05, 0.1) is 20.1 Å². The number of ether oxygens (including phenoxy) is 1. The summed E-state index contributed by atoms with van der Waals surface area (Å²) in [7, 11) is 2.30. The number of fused-ring (bicyclic) bond motifs is 3. The predicted octanol–water partition coefficient (Wildman–Crippen LogP) is 0.682. The lowest BCUT2D eigenvalue weighted by Gasteiger charge is -2.49. The highest BCUT2D eigenvalue weighted by Gasteiger charge is 2.45. The van der Waals surface area contributed by atoms with Gasteiger partial charge in [0.15, 0.2) is 6.10 Å². The third-order valence-electron chi connectivity index (χ3n) is 6.78. The molecule has 0 aromatic heterocycles. The minimum absolute atomic E-state index is 0. The number of carbonyl (C=O) groups is 1. The number of quaternary nitrogens is 1. The fourth-order valence-corrected chi connectivity index (χ4v) is 5.21. The van der Waals surface area contributed by atoms with Crippen LogP contribution < -0.4 is 29.3 Å². The van der Waals surface area contributed by atoms with E-state index in [0.717, 1.165) is 23.9 Å². The Kier molecular flexibility index (Phi) is 6.49. The average Bonchev–Trinajstić information content (AvgIpc) is 2.63. The van der Waals surface area contributed by atoms with Crippen molar-refractivity contribution in [3.05, 3.63) is 35.9 Å². The highest BCUT2D eigenvalue weighted by Crippen LogP contribution is 2.35. The Labute approximate surface area is 174 Å². The fraction of sp³-hybridized carbons (Fsp3) is 0.667. The van der Waals surface area contributed by atoms with Gasteiger partial charge in [0.1, 0.15) is 6.54 Å². The second-order valence-electron chi connectivity index (χ2n) is 8.58. The number of rotatable bonds is 3. The van der Waals surface area contributed by atoms with Gasteiger partial charge in [-0.2, -0.15) is 0 Å². The minimum atomic E-state index is -0.196. The minimum Gasteiger partial charge on any atom is -1.00 e. The summed E-state index contributed by atoms with van der Waals surface area (Å²) in [5, 5.41) is 3.22. The van der Waals surface area contributed by atoms with Crippen molar-refractivity contribution in [1.82, 2.24) is 5.32 Å². The van der Waals surface area contributed by atoms with E-state index in [1.807, 2.05) is 0 Å². The molecule has 26 heavy (non-hydrogen) atoms. The maximum atomic E-state index is 12.6. The van der Waals surface area contributed by atoms with Gasteiger partial charge in [-0.25, -0.2) is 4.79 Å². The lowest BCUT2D eigenvalue weighted by atomic mass is 9.80. The number of amides is 1. The smallest absolute Gasteiger partial charge is 0.407 e. The molecule has 4 aliphatic rings. The van der Waals surface area contributed by atoms with Crippen LogP contribution in [-0.2, 0) is 4.74 Å². The van der Waals surface area contributed by atoms with E-state index in [1.54, 1.807) is 0 Å². The van der Waals surface area contributed by atoms with E-state index >= 15 is 0 Å². The first-order valence-electron chi connectivity index (χ1n) is 9.99. The molecular weight excluding hydrogens is 439 g/mol. The van der Waals surface area contributed by atoms with E-state index in [0.29, 0.717) is 11.8 Å². The molecule has 1 N–H and O–H groups in total. The van der Waals surface area contributed by atoms with Crippen LogP contribution in [0.4, 0.5) is 4.79 Å². The molecule has 4 nitrogen and oxygen atoms in total. The summed E-state index contributed by atoms with van der Waals surface area (Å²) in [4.78, 5) is 12.6. The van der Waals surface area contributed by atoms with Crippen molar-refractivity contribution in [3.8, 4) is 0 Å². The Balaban J connectivity index is 0.00000196. The summed E-state index contributed by atoms with van der Waals surface area (Å²) in [6.07, 6.45) is 6.94. The number of nitrogens with one attached hydrogen (secondary N) is 1. The molecule has 0 spiro atoms. The number of hydrogen-bond acceptors (Lipinski definition) is 2. The van der Waals surface area contributed by atoms with E-state index in [-0.39, 0.29) is 42.2 Å². The van der Waals surface area contributed by atoms with E-state index in [1.165, 1.54) is 44.3 Å². The summed E-state index contributed by atoms with van der Waals surface area (Å²) in [6.45, 7) is 3.47. The normalized spacial score (nSPS) is 36.0. The zero-order valence-corrected chi connectivity index (χ0v) is 17.9. The molecule has 2 bridgehead atoms. The maximum Gasteiger partial charge on any atom is 0.407 e. The largest absolute Gasteiger partial charge is 1.00 e. The summed E-state index contributed by atoms with van der Waals surface area (Å²) in [5.41, 5.74) is 1.34. The first kappa shape index (κ1) is 19.9. The quantitative estimate of drug-likeness (QED) is 0.522. The van der Waals surface area contributed by atoms with E-state index in [9.17, 15) is 4.79 Å². The van der Waals surface area contributed by atoms with Crippen LogP contribution in [-0.4, -0.2) is 49.4 Å². The van der Waals surface area contributed by atoms with Crippen LogP contribution in [0.2, 0.25) is 0 Å². The maximum absolute atomic E-state index is 12.6. The van der Waals surface area contributed by atoms with Crippen LogP contribution in [0.3, 0.4) is 0 Å². The van der Waals surface area contributed by atoms with Crippen LogP contribution in [0.5, 0.6) is 0 Å². The predicted molar refractivity (Wildman–Crippen MR) is 98.4 cm³/mol. The van der Waals surface area contributed by atoms with Gasteiger partial charge >= 0.3 is 6.09 Å². The Hall–Kier alpha value is -0.820. The number of likely N-dealkylation sites (N-methyl/N-ethyl adjacent to an activating group) is 1. The van der Waals surface area contributed by atoms with Crippen LogP contribution >= 0.6 is 0 Å². The van der Waals surface area contributed by atoms with Gasteiger partial charge in [0, 0.05) is 30.7 Å². The molecule has 3 saturated heterocycles. The van der Waals surface area contributed by atoms with Gasteiger partial charge < -0.3 is 38.5 Å². The number of nitrogens with zero attached hydrogens (tertiary/aromatic N) is 1. The molecule has 1 aromatic carbocycles. The highest BCUT2D eigenvalue weighted by molar-refractivity contribution is 5.68. The van der Waals surface area contributed by atoms with E-state index < -0.39 is 0 Å². The number of alkyl carbamates (subject to hydrolysis) is 1. The second kappa shape index (κ2) is 8.46. The zero-order valence-electron chi connectivity index (χ0n) is 15.7. The van der Waals surface area contributed by atoms with Crippen molar-refractivity contribution in [3.63, 3.8) is 0 Å². The number of carbonyl (C=O) groups excluding carboxylic acids is 1. The van der Waals surface area contributed by atoms with Gasteiger partial charge in [-0.1, -0.05) is 43.2 Å². The summed E-state index contributed by atoms with van der Waals surface area (Å²) >= 11 is 0. The Morgan fingerprint density at radius 3 is 2.46 bits per heavy atom. The van der Waals surface area contributed by atoms with E-state index in [4.69, 9.17) is 4.74 Å². The van der Waals surface area contributed by atoms with Crippen LogP contribution in [0.15, 0.2) is 30.3 Å². The summed E-state index contributed by atoms with van der Waals surface area (Å²) < 4.78 is 6.99. The number of benzene rings is 1. The molecule has 5 heteroatoms. The van der Waals surface area contributed by atoms with Crippen LogP contribution in [0.1, 0.15) is 50.0 Å². The molecule has 3 atom stereocenters. The van der Waals surface area contributed by atoms with Gasteiger partial charge in [0.2, 0.25) is 0 Å². The molecule has 3 heterocycles. The number of piperidine rings is 3.